The molecule has 0 bridgehead atoms. The first-order valence-electron chi connectivity index (χ1n) is 5.38. The molecule has 0 amide bonds. The Morgan fingerprint density at radius 3 is 2.87 bits per heavy atom. The van der Waals surface area contributed by atoms with Crippen LogP contribution < -0.4 is 0 Å². The molecule has 0 atom stereocenters. The molecule has 0 saturated carbocycles. The second-order valence-electron chi connectivity index (χ2n) is 3.51. The summed E-state index contributed by atoms with van der Waals surface area (Å²) in [4.78, 5) is 11.6. The van der Waals surface area contributed by atoms with Crippen molar-refractivity contribution in [2.45, 2.75) is 33.1 Å². The van der Waals surface area contributed by atoms with Gasteiger partial charge in [-0.3, -0.25) is 4.68 Å². The molecule has 15 heavy (non-hydrogen) atoms. The van der Waals surface area contributed by atoms with Gasteiger partial charge in [-0.2, -0.15) is 5.10 Å². The molecule has 4 heteroatoms. The predicted octanol–water partition coefficient (Wildman–Crippen LogP) is 1.94. The molecule has 0 aliphatic carbocycles. The minimum absolute atomic E-state index is 0.256. The number of unbranched alkanes of at least 4 members (excludes halogenated alkanes) is 1. The molecular formula is C11H18N2O2. The first-order valence-corrected chi connectivity index (χ1v) is 5.38. The summed E-state index contributed by atoms with van der Waals surface area (Å²) < 4.78 is 6.78. The van der Waals surface area contributed by atoms with Gasteiger partial charge in [-0.25, -0.2) is 4.79 Å². The lowest BCUT2D eigenvalue weighted by Gasteiger charge is -2.02. The number of esters is 1. The van der Waals surface area contributed by atoms with Crippen LogP contribution >= 0.6 is 0 Å². The highest BCUT2D eigenvalue weighted by molar-refractivity contribution is 5.90. The van der Waals surface area contributed by atoms with E-state index in [9.17, 15) is 4.79 Å². The van der Waals surface area contributed by atoms with Crippen molar-refractivity contribution < 1.29 is 9.53 Å². The zero-order valence-corrected chi connectivity index (χ0v) is 9.62. The molecular weight excluding hydrogens is 192 g/mol. The second kappa shape index (κ2) is 5.53. The van der Waals surface area contributed by atoms with E-state index in [1.165, 1.54) is 0 Å². The topological polar surface area (TPSA) is 44.1 Å². The first-order chi connectivity index (χ1) is 7.19. The minimum atomic E-state index is -0.256. The zero-order valence-electron chi connectivity index (χ0n) is 9.62. The average Bonchev–Trinajstić information content (AvgIpc) is 2.60. The average molecular weight is 210 g/mol. The van der Waals surface area contributed by atoms with Crippen molar-refractivity contribution in [2.75, 3.05) is 6.61 Å². The second-order valence-corrected chi connectivity index (χ2v) is 3.51. The van der Waals surface area contributed by atoms with E-state index >= 15 is 0 Å². The summed E-state index contributed by atoms with van der Waals surface area (Å²) in [6.45, 7) is 4.54. The normalized spacial score (nSPS) is 10.3. The lowest BCUT2D eigenvalue weighted by molar-refractivity contribution is 0.0498. The summed E-state index contributed by atoms with van der Waals surface area (Å²) >= 11 is 0. The van der Waals surface area contributed by atoms with Gasteiger partial charge in [0.05, 0.1) is 12.3 Å². The van der Waals surface area contributed by atoms with Crippen molar-refractivity contribution in [2.24, 2.45) is 7.05 Å². The molecule has 0 aliphatic rings. The van der Waals surface area contributed by atoms with Gasteiger partial charge in [0, 0.05) is 13.2 Å². The number of hydrogen-bond acceptors (Lipinski definition) is 3. The van der Waals surface area contributed by atoms with E-state index in [0.717, 1.165) is 25.0 Å². The Hall–Kier alpha value is -1.32. The SMILES string of the molecule is CCCCOC(=O)c1cn(C)nc1CC. The Kier molecular flexibility index (Phi) is 4.34. The number of nitrogens with zero attached hydrogens (tertiary/aromatic N) is 2. The molecule has 0 N–H and O–H groups in total. The molecule has 1 aromatic heterocycles. The van der Waals surface area contributed by atoms with Gasteiger partial charge in [0.15, 0.2) is 0 Å². The number of aryl methyl sites for hydroxylation is 2. The highest BCUT2D eigenvalue weighted by atomic mass is 16.5. The smallest absolute Gasteiger partial charge is 0.341 e. The van der Waals surface area contributed by atoms with Crippen LogP contribution in [0.15, 0.2) is 6.20 Å². The Morgan fingerprint density at radius 1 is 1.53 bits per heavy atom. The van der Waals surface area contributed by atoms with Crippen molar-refractivity contribution in [3.63, 3.8) is 0 Å². The molecule has 0 aromatic carbocycles. The van der Waals surface area contributed by atoms with Gasteiger partial charge >= 0.3 is 5.97 Å². The zero-order chi connectivity index (χ0) is 11.3. The van der Waals surface area contributed by atoms with Crippen LogP contribution in [0.4, 0.5) is 0 Å². The maximum absolute atomic E-state index is 11.6. The van der Waals surface area contributed by atoms with E-state index in [2.05, 4.69) is 12.0 Å². The lowest BCUT2D eigenvalue weighted by atomic mass is 10.2. The number of hydrogen-bond donors (Lipinski definition) is 0. The molecule has 0 spiro atoms. The minimum Gasteiger partial charge on any atom is -0.462 e. The summed E-state index contributed by atoms with van der Waals surface area (Å²) in [5.74, 6) is -0.256. The fourth-order valence-electron chi connectivity index (χ4n) is 1.35. The van der Waals surface area contributed by atoms with Crippen molar-refractivity contribution in [1.29, 1.82) is 0 Å². The molecule has 0 saturated heterocycles. The lowest BCUT2D eigenvalue weighted by Crippen LogP contribution is -2.07. The predicted molar refractivity (Wildman–Crippen MR) is 57.8 cm³/mol. The Bertz CT molecular complexity index is 331. The van der Waals surface area contributed by atoms with Crippen LogP contribution in [0.2, 0.25) is 0 Å². The molecule has 0 unspecified atom stereocenters. The number of ether oxygens (including phenoxy) is 1. The number of carbonyl (C=O) groups is 1. The van der Waals surface area contributed by atoms with E-state index in [-0.39, 0.29) is 5.97 Å². The standard InChI is InChI=1S/C11H18N2O2/c1-4-6-7-15-11(14)9-8-13(3)12-10(9)5-2/h8H,4-7H2,1-3H3. The van der Waals surface area contributed by atoms with Crippen LogP contribution in [-0.4, -0.2) is 22.4 Å². The summed E-state index contributed by atoms with van der Waals surface area (Å²) in [7, 11) is 1.81. The van der Waals surface area contributed by atoms with Gasteiger partial charge in [-0.1, -0.05) is 20.3 Å². The summed E-state index contributed by atoms with van der Waals surface area (Å²) in [5, 5.41) is 4.19. The van der Waals surface area contributed by atoms with E-state index in [0.29, 0.717) is 12.2 Å². The van der Waals surface area contributed by atoms with Gasteiger partial charge in [0.25, 0.3) is 0 Å². The fourth-order valence-corrected chi connectivity index (χ4v) is 1.35. The van der Waals surface area contributed by atoms with E-state index in [1.54, 1.807) is 10.9 Å². The quantitative estimate of drug-likeness (QED) is 0.551. The van der Waals surface area contributed by atoms with E-state index in [1.807, 2.05) is 14.0 Å². The number of carbonyl (C=O) groups excluding carboxylic acids is 1. The van der Waals surface area contributed by atoms with Crippen molar-refractivity contribution in [3.05, 3.63) is 17.5 Å². The van der Waals surface area contributed by atoms with Gasteiger partial charge in [0.1, 0.15) is 5.56 Å². The number of rotatable bonds is 5. The van der Waals surface area contributed by atoms with Crippen LogP contribution in [0.3, 0.4) is 0 Å². The van der Waals surface area contributed by atoms with Crippen LogP contribution in [0.1, 0.15) is 42.7 Å². The van der Waals surface area contributed by atoms with Gasteiger partial charge in [0.2, 0.25) is 0 Å². The highest BCUT2D eigenvalue weighted by Gasteiger charge is 2.15. The summed E-state index contributed by atoms with van der Waals surface area (Å²) in [6, 6.07) is 0. The Balaban J connectivity index is 2.64. The third kappa shape index (κ3) is 3.08. The third-order valence-corrected chi connectivity index (χ3v) is 2.19. The van der Waals surface area contributed by atoms with Gasteiger partial charge in [-0.15, -0.1) is 0 Å². The Morgan fingerprint density at radius 2 is 2.27 bits per heavy atom. The highest BCUT2D eigenvalue weighted by Crippen LogP contribution is 2.09. The van der Waals surface area contributed by atoms with Crippen LogP contribution in [0.5, 0.6) is 0 Å². The van der Waals surface area contributed by atoms with Gasteiger partial charge < -0.3 is 4.74 Å². The van der Waals surface area contributed by atoms with Crippen molar-refractivity contribution in [3.8, 4) is 0 Å². The monoisotopic (exact) mass is 210 g/mol. The summed E-state index contributed by atoms with van der Waals surface area (Å²) in [6.07, 6.45) is 4.40. The van der Waals surface area contributed by atoms with Crippen molar-refractivity contribution in [1.82, 2.24) is 9.78 Å². The van der Waals surface area contributed by atoms with Crippen LogP contribution in [-0.2, 0) is 18.2 Å². The van der Waals surface area contributed by atoms with E-state index in [4.69, 9.17) is 4.74 Å². The molecule has 1 rings (SSSR count). The van der Waals surface area contributed by atoms with Gasteiger partial charge in [-0.05, 0) is 12.8 Å². The van der Waals surface area contributed by atoms with Crippen molar-refractivity contribution >= 4 is 5.97 Å². The summed E-state index contributed by atoms with van der Waals surface area (Å²) in [5.41, 5.74) is 1.40. The molecule has 1 aromatic rings. The van der Waals surface area contributed by atoms with Crippen LogP contribution in [0, 0.1) is 0 Å². The maximum atomic E-state index is 11.6. The van der Waals surface area contributed by atoms with Crippen LogP contribution in [0.25, 0.3) is 0 Å². The first kappa shape index (κ1) is 11.8. The molecule has 1 heterocycles. The maximum Gasteiger partial charge on any atom is 0.341 e. The van der Waals surface area contributed by atoms with E-state index < -0.39 is 0 Å². The largest absolute Gasteiger partial charge is 0.462 e. The molecule has 4 nitrogen and oxygen atoms in total. The third-order valence-electron chi connectivity index (χ3n) is 2.19. The fraction of sp³-hybridized carbons (Fsp3) is 0.636. The Labute approximate surface area is 90.2 Å². The molecule has 0 radical (unpaired) electrons. The molecule has 0 fully saturated rings. The molecule has 0 aliphatic heterocycles. The molecule has 84 valence electrons. The number of aromatic nitrogens is 2.